The van der Waals surface area contributed by atoms with E-state index in [1.807, 2.05) is 42.1 Å². The number of rotatable bonds is 5. The summed E-state index contributed by atoms with van der Waals surface area (Å²) < 4.78 is 13.5. The molecule has 3 aromatic heterocycles. The zero-order valence-electron chi connectivity index (χ0n) is 13.9. The van der Waals surface area contributed by atoms with Gasteiger partial charge < -0.3 is 9.15 Å². The molecule has 128 valence electrons. The molecular formula is C18H19N5O2. The van der Waals surface area contributed by atoms with E-state index in [1.165, 1.54) is 0 Å². The van der Waals surface area contributed by atoms with Gasteiger partial charge in [0.2, 0.25) is 11.8 Å². The number of ether oxygens (including phenoxy) is 1. The molecule has 4 heterocycles. The molecule has 1 aliphatic rings. The quantitative estimate of drug-likeness (QED) is 0.712. The first-order chi connectivity index (χ1) is 12.3. The highest BCUT2D eigenvalue weighted by Gasteiger charge is 2.34. The van der Waals surface area contributed by atoms with Gasteiger partial charge in [0.05, 0.1) is 5.69 Å². The van der Waals surface area contributed by atoms with Crippen LogP contribution in [0.3, 0.4) is 0 Å². The molecule has 1 saturated heterocycles. The van der Waals surface area contributed by atoms with Gasteiger partial charge in [-0.3, -0.25) is 9.67 Å². The van der Waals surface area contributed by atoms with Crippen LogP contribution in [0.15, 0.2) is 41.2 Å². The highest BCUT2D eigenvalue weighted by molar-refractivity contribution is 5.65. The summed E-state index contributed by atoms with van der Waals surface area (Å²) in [6.45, 7) is 3.48. The molecule has 0 amide bonds. The van der Waals surface area contributed by atoms with Crippen molar-refractivity contribution in [3.63, 3.8) is 0 Å². The monoisotopic (exact) mass is 337 g/mol. The van der Waals surface area contributed by atoms with Gasteiger partial charge in [-0.2, -0.15) is 5.10 Å². The van der Waals surface area contributed by atoms with E-state index in [9.17, 15) is 0 Å². The van der Waals surface area contributed by atoms with Crippen LogP contribution in [-0.2, 0) is 11.3 Å². The molecular weight excluding hydrogens is 318 g/mol. The number of aromatic nitrogens is 5. The highest BCUT2D eigenvalue weighted by atomic mass is 16.5. The van der Waals surface area contributed by atoms with Crippen LogP contribution in [0.4, 0.5) is 0 Å². The first-order valence-electron chi connectivity index (χ1n) is 8.32. The summed E-state index contributed by atoms with van der Waals surface area (Å²) in [6.07, 6.45) is 9.92. The van der Waals surface area contributed by atoms with Gasteiger partial charge in [0.25, 0.3) is 0 Å². The summed E-state index contributed by atoms with van der Waals surface area (Å²) in [4.78, 5) is 4.32. The van der Waals surface area contributed by atoms with Crippen LogP contribution in [0.5, 0.6) is 0 Å². The van der Waals surface area contributed by atoms with Crippen molar-refractivity contribution in [3.05, 3.63) is 59.8 Å². The molecule has 0 radical (unpaired) electrons. The average molecular weight is 337 g/mol. The van der Waals surface area contributed by atoms with Gasteiger partial charge in [-0.15, -0.1) is 10.2 Å². The lowest BCUT2D eigenvalue weighted by Gasteiger charge is -2.14. The van der Waals surface area contributed by atoms with Crippen LogP contribution in [-0.4, -0.2) is 31.6 Å². The third kappa shape index (κ3) is 3.51. The maximum Gasteiger partial charge on any atom is 0.245 e. The normalized spacial score (nSPS) is 20.5. The third-order valence-corrected chi connectivity index (χ3v) is 4.33. The molecule has 0 aromatic carbocycles. The van der Waals surface area contributed by atoms with Crippen LogP contribution in [0, 0.1) is 12.8 Å². The van der Waals surface area contributed by atoms with E-state index < -0.39 is 0 Å². The Kier molecular flexibility index (Phi) is 4.39. The zero-order chi connectivity index (χ0) is 17.1. The summed E-state index contributed by atoms with van der Waals surface area (Å²) in [5, 5.41) is 12.5. The fourth-order valence-corrected chi connectivity index (χ4v) is 2.99. The van der Waals surface area contributed by atoms with Gasteiger partial charge in [-0.1, -0.05) is 6.07 Å². The number of hydrogen-bond donors (Lipinski definition) is 0. The molecule has 1 fully saturated rings. The smallest absolute Gasteiger partial charge is 0.245 e. The second kappa shape index (κ2) is 6.98. The molecule has 2 atom stereocenters. The standard InChI is InChI=1S/C18H19N5O2/c1-13-4-2-8-19-15(13)5-6-16-21-22-18(25-16)17-14(7-11-24-17)12-23-10-3-9-20-23/h2-6,8-10,14,17H,7,11-12H2,1H3/b6-5+/t14-,17-/m0/s1. The minimum atomic E-state index is -0.185. The predicted molar refractivity (Wildman–Crippen MR) is 91.2 cm³/mol. The van der Waals surface area contributed by atoms with Gasteiger partial charge in [0.15, 0.2) is 0 Å². The van der Waals surface area contributed by atoms with Crippen molar-refractivity contribution in [2.75, 3.05) is 6.61 Å². The minimum absolute atomic E-state index is 0.185. The molecule has 7 heteroatoms. The Bertz CT molecular complexity index is 856. The Hall–Kier alpha value is -2.80. The first kappa shape index (κ1) is 15.7. The third-order valence-electron chi connectivity index (χ3n) is 4.33. The van der Waals surface area contributed by atoms with E-state index in [0.717, 1.165) is 24.2 Å². The number of aryl methyl sites for hydroxylation is 1. The molecule has 7 nitrogen and oxygen atoms in total. The molecule has 0 unspecified atom stereocenters. The second-order valence-corrected chi connectivity index (χ2v) is 6.09. The molecule has 0 saturated carbocycles. The Morgan fingerprint density at radius 1 is 1.24 bits per heavy atom. The van der Waals surface area contributed by atoms with Crippen LogP contribution in [0.2, 0.25) is 0 Å². The SMILES string of the molecule is Cc1cccnc1/C=C/c1nnc([C@H]2OCC[C@H]2Cn2cccn2)o1. The van der Waals surface area contributed by atoms with Crippen LogP contribution in [0.1, 0.15) is 35.6 Å². The molecule has 1 aliphatic heterocycles. The van der Waals surface area contributed by atoms with Gasteiger partial charge in [0.1, 0.15) is 6.10 Å². The average Bonchev–Trinajstić information content (AvgIpc) is 3.36. The van der Waals surface area contributed by atoms with Crippen molar-refractivity contribution in [2.24, 2.45) is 5.92 Å². The Morgan fingerprint density at radius 2 is 2.20 bits per heavy atom. The second-order valence-electron chi connectivity index (χ2n) is 6.09. The van der Waals surface area contributed by atoms with E-state index in [4.69, 9.17) is 9.15 Å². The van der Waals surface area contributed by atoms with E-state index in [1.54, 1.807) is 18.5 Å². The van der Waals surface area contributed by atoms with E-state index >= 15 is 0 Å². The van der Waals surface area contributed by atoms with Gasteiger partial charge in [-0.25, -0.2) is 0 Å². The summed E-state index contributed by atoms with van der Waals surface area (Å²) in [5.74, 6) is 1.25. The van der Waals surface area contributed by atoms with Gasteiger partial charge in [-0.05, 0) is 37.1 Å². The van der Waals surface area contributed by atoms with Crippen molar-refractivity contribution in [3.8, 4) is 0 Å². The van der Waals surface area contributed by atoms with Crippen molar-refractivity contribution in [1.29, 1.82) is 0 Å². The molecule has 0 spiro atoms. The summed E-state index contributed by atoms with van der Waals surface area (Å²) in [5.41, 5.74) is 1.98. The molecule has 4 rings (SSSR count). The minimum Gasteiger partial charge on any atom is -0.418 e. The van der Waals surface area contributed by atoms with E-state index in [2.05, 4.69) is 20.3 Å². The van der Waals surface area contributed by atoms with E-state index in [-0.39, 0.29) is 12.0 Å². The molecule has 0 bridgehead atoms. The maximum absolute atomic E-state index is 5.82. The lowest BCUT2D eigenvalue weighted by Crippen LogP contribution is -2.15. The van der Waals surface area contributed by atoms with Gasteiger partial charge in [0, 0.05) is 43.7 Å². The van der Waals surface area contributed by atoms with Crippen molar-refractivity contribution >= 4 is 12.2 Å². The summed E-state index contributed by atoms with van der Waals surface area (Å²) in [7, 11) is 0. The largest absolute Gasteiger partial charge is 0.418 e. The Morgan fingerprint density at radius 3 is 3.04 bits per heavy atom. The zero-order valence-corrected chi connectivity index (χ0v) is 13.9. The number of pyridine rings is 1. The first-order valence-corrected chi connectivity index (χ1v) is 8.32. The lowest BCUT2D eigenvalue weighted by atomic mass is 10.0. The molecule has 0 N–H and O–H groups in total. The van der Waals surface area contributed by atoms with Crippen molar-refractivity contribution in [1.82, 2.24) is 25.0 Å². The lowest BCUT2D eigenvalue weighted by molar-refractivity contribution is 0.0627. The topological polar surface area (TPSA) is 78.9 Å². The van der Waals surface area contributed by atoms with Crippen molar-refractivity contribution in [2.45, 2.75) is 26.0 Å². The molecule has 0 aliphatic carbocycles. The summed E-state index contributed by atoms with van der Waals surface area (Å²) in [6, 6.07) is 5.84. The van der Waals surface area contributed by atoms with Crippen LogP contribution in [0.25, 0.3) is 12.2 Å². The molecule has 3 aromatic rings. The highest BCUT2D eigenvalue weighted by Crippen LogP contribution is 2.34. The Labute approximate surface area is 145 Å². The van der Waals surface area contributed by atoms with Crippen LogP contribution >= 0.6 is 0 Å². The van der Waals surface area contributed by atoms with E-state index in [0.29, 0.717) is 18.4 Å². The van der Waals surface area contributed by atoms with Crippen LogP contribution < -0.4 is 0 Å². The molecule has 25 heavy (non-hydrogen) atoms. The number of hydrogen-bond acceptors (Lipinski definition) is 6. The summed E-state index contributed by atoms with van der Waals surface area (Å²) >= 11 is 0. The fourth-order valence-electron chi connectivity index (χ4n) is 2.99. The maximum atomic E-state index is 5.82. The number of nitrogens with zero attached hydrogens (tertiary/aromatic N) is 5. The Balaban J connectivity index is 1.48. The predicted octanol–water partition coefficient (Wildman–Crippen LogP) is 2.92. The van der Waals surface area contributed by atoms with Gasteiger partial charge >= 0.3 is 0 Å². The fraction of sp³-hybridized carbons (Fsp3) is 0.333. The van der Waals surface area contributed by atoms with Crippen molar-refractivity contribution < 1.29 is 9.15 Å².